The Balaban J connectivity index is 0.000000671. The van der Waals surface area contributed by atoms with Crippen LogP contribution in [-0.4, -0.2) is 17.9 Å². The monoisotopic (exact) mass is 179 g/mol. The highest BCUT2D eigenvalue weighted by molar-refractivity contribution is 5.85. The summed E-state index contributed by atoms with van der Waals surface area (Å²) in [5.74, 6) is 0.106. The summed E-state index contributed by atoms with van der Waals surface area (Å²) >= 11 is 0. The van der Waals surface area contributed by atoms with Crippen molar-refractivity contribution < 1.29 is 4.79 Å². The van der Waals surface area contributed by atoms with E-state index in [1.54, 1.807) is 24.1 Å². The van der Waals surface area contributed by atoms with Gasteiger partial charge >= 0.3 is 0 Å². The van der Waals surface area contributed by atoms with E-state index in [0.717, 1.165) is 11.3 Å². The third-order valence-electron chi connectivity index (χ3n) is 1.85. The number of likely N-dealkylation sites (N-methyl/N-ethyl adjacent to an activating group) is 1. The second kappa shape index (κ2) is 5.36. The zero-order valence-corrected chi connectivity index (χ0v) is 8.63. The molecule has 1 aliphatic rings. The normalized spacial score (nSPS) is 15.3. The highest BCUT2D eigenvalue weighted by Gasteiger charge is 2.22. The van der Waals surface area contributed by atoms with Crippen LogP contribution in [0.2, 0.25) is 0 Å². The molecular formula is C11H17NO. The number of hydrogen-bond donors (Lipinski definition) is 0. The Morgan fingerprint density at radius 1 is 1.31 bits per heavy atom. The van der Waals surface area contributed by atoms with Crippen LogP contribution in [-0.2, 0) is 4.79 Å². The van der Waals surface area contributed by atoms with Gasteiger partial charge in [0.25, 0.3) is 0 Å². The van der Waals surface area contributed by atoms with Gasteiger partial charge in [0.05, 0.1) is 6.42 Å². The Bertz CT molecular complexity index is 251. The van der Waals surface area contributed by atoms with Gasteiger partial charge in [-0.1, -0.05) is 33.1 Å². The predicted octanol–water partition coefficient (Wildman–Crippen LogP) is 2.50. The van der Waals surface area contributed by atoms with Crippen molar-refractivity contribution in [1.82, 2.24) is 4.90 Å². The Labute approximate surface area is 80.2 Å². The van der Waals surface area contributed by atoms with E-state index in [9.17, 15) is 4.79 Å². The maximum atomic E-state index is 11.1. The fourth-order valence-corrected chi connectivity index (χ4v) is 1.17. The van der Waals surface area contributed by atoms with Crippen LogP contribution < -0.4 is 0 Å². The summed E-state index contributed by atoms with van der Waals surface area (Å²) in [6.07, 6.45) is 3.85. The standard InChI is InChI=1S/C9H11NO.C2H6/c1-4-7-6-9(11)10(3)8(7)5-2;1-2/h4-5H,1-2,6H2,3H3;1-2H3. The topological polar surface area (TPSA) is 20.3 Å². The molecule has 0 aromatic carbocycles. The summed E-state index contributed by atoms with van der Waals surface area (Å²) in [6.45, 7) is 11.3. The molecule has 1 amide bonds. The van der Waals surface area contributed by atoms with Gasteiger partial charge in [0.2, 0.25) is 5.91 Å². The summed E-state index contributed by atoms with van der Waals surface area (Å²) in [6, 6.07) is 0. The molecule has 72 valence electrons. The van der Waals surface area contributed by atoms with Crippen LogP contribution in [0.5, 0.6) is 0 Å². The summed E-state index contributed by atoms with van der Waals surface area (Å²) in [5, 5.41) is 0. The molecule has 0 radical (unpaired) electrons. The maximum Gasteiger partial charge on any atom is 0.231 e. The van der Waals surface area contributed by atoms with Crippen LogP contribution in [0.15, 0.2) is 36.6 Å². The first-order valence-electron chi connectivity index (χ1n) is 4.45. The Kier molecular flexibility index (Phi) is 4.82. The molecule has 0 aromatic heterocycles. The van der Waals surface area contributed by atoms with Crippen molar-refractivity contribution in [1.29, 1.82) is 0 Å². The van der Waals surface area contributed by atoms with Crippen molar-refractivity contribution in [2.45, 2.75) is 20.3 Å². The lowest BCUT2D eigenvalue weighted by Gasteiger charge is -2.09. The van der Waals surface area contributed by atoms with Gasteiger partial charge in [0.15, 0.2) is 0 Å². The molecule has 0 unspecified atom stereocenters. The largest absolute Gasteiger partial charge is 0.315 e. The number of carbonyl (C=O) groups is 1. The molecule has 2 nitrogen and oxygen atoms in total. The number of hydrogen-bond acceptors (Lipinski definition) is 1. The number of nitrogens with zero attached hydrogens (tertiary/aromatic N) is 1. The second-order valence-corrected chi connectivity index (χ2v) is 2.45. The molecule has 0 atom stereocenters. The van der Waals surface area contributed by atoms with Gasteiger partial charge in [-0.05, 0) is 11.6 Å². The molecular weight excluding hydrogens is 162 g/mol. The Hall–Kier alpha value is -1.31. The number of carbonyl (C=O) groups excluding carboxylic acids is 1. The lowest BCUT2D eigenvalue weighted by atomic mass is 10.2. The van der Waals surface area contributed by atoms with Gasteiger partial charge in [0.1, 0.15) is 0 Å². The second-order valence-electron chi connectivity index (χ2n) is 2.45. The van der Waals surface area contributed by atoms with Gasteiger partial charge in [0, 0.05) is 12.7 Å². The number of allylic oxidation sites excluding steroid dienone is 2. The van der Waals surface area contributed by atoms with Gasteiger partial charge in [-0.2, -0.15) is 0 Å². The molecule has 0 saturated carbocycles. The van der Waals surface area contributed by atoms with Crippen LogP contribution in [0.4, 0.5) is 0 Å². The number of rotatable bonds is 2. The van der Waals surface area contributed by atoms with Gasteiger partial charge < -0.3 is 4.90 Å². The van der Waals surface area contributed by atoms with Crippen LogP contribution in [0.1, 0.15) is 20.3 Å². The average Bonchev–Trinajstić information content (AvgIpc) is 2.46. The molecule has 0 N–H and O–H groups in total. The van der Waals surface area contributed by atoms with E-state index in [4.69, 9.17) is 0 Å². The summed E-state index contributed by atoms with van der Waals surface area (Å²) < 4.78 is 0. The predicted molar refractivity (Wildman–Crippen MR) is 56.2 cm³/mol. The minimum absolute atomic E-state index is 0.106. The zero-order chi connectivity index (χ0) is 10.4. The van der Waals surface area contributed by atoms with Crippen molar-refractivity contribution in [3.8, 4) is 0 Å². The first kappa shape index (κ1) is 11.7. The fourth-order valence-electron chi connectivity index (χ4n) is 1.17. The fraction of sp³-hybridized carbons (Fsp3) is 0.364. The van der Waals surface area contributed by atoms with E-state index in [-0.39, 0.29) is 5.91 Å². The highest BCUT2D eigenvalue weighted by Crippen LogP contribution is 2.23. The third-order valence-corrected chi connectivity index (χ3v) is 1.85. The molecule has 0 saturated heterocycles. The summed E-state index contributed by atoms with van der Waals surface area (Å²) in [7, 11) is 1.75. The van der Waals surface area contributed by atoms with E-state index in [1.165, 1.54) is 0 Å². The third kappa shape index (κ3) is 2.31. The zero-order valence-electron chi connectivity index (χ0n) is 8.63. The SMILES string of the molecule is C=CC1=C(C=C)N(C)C(=O)C1.CC. The van der Waals surface area contributed by atoms with Crippen LogP contribution in [0.3, 0.4) is 0 Å². The van der Waals surface area contributed by atoms with E-state index in [0.29, 0.717) is 6.42 Å². The summed E-state index contributed by atoms with van der Waals surface area (Å²) in [5.41, 5.74) is 1.84. The van der Waals surface area contributed by atoms with Crippen molar-refractivity contribution in [2.75, 3.05) is 7.05 Å². The molecule has 1 rings (SSSR count). The lowest BCUT2D eigenvalue weighted by Crippen LogP contribution is -2.18. The van der Waals surface area contributed by atoms with Crippen LogP contribution in [0.25, 0.3) is 0 Å². The van der Waals surface area contributed by atoms with E-state index in [2.05, 4.69) is 13.2 Å². The van der Waals surface area contributed by atoms with Gasteiger partial charge in [-0.3, -0.25) is 4.79 Å². The molecule has 0 fully saturated rings. The Morgan fingerprint density at radius 3 is 2.15 bits per heavy atom. The number of amides is 1. The Morgan fingerprint density at radius 2 is 1.85 bits per heavy atom. The molecule has 0 spiro atoms. The minimum Gasteiger partial charge on any atom is -0.315 e. The quantitative estimate of drug-likeness (QED) is 0.637. The van der Waals surface area contributed by atoms with Crippen LogP contribution >= 0.6 is 0 Å². The van der Waals surface area contributed by atoms with Crippen molar-refractivity contribution in [3.63, 3.8) is 0 Å². The molecule has 13 heavy (non-hydrogen) atoms. The summed E-state index contributed by atoms with van der Waals surface area (Å²) in [4.78, 5) is 12.7. The molecule has 2 heteroatoms. The average molecular weight is 179 g/mol. The van der Waals surface area contributed by atoms with Gasteiger partial charge in [-0.15, -0.1) is 0 Å². The van der Waals surface area contributed by atoms with E-state index < -0.39 is 0 Å². The first-order chi connectivity index (χ1) is 6.20. The highest BCUT2D eigenvalue weighted by atomic mass is 16.2. The van der Waals surface area contributed by atoms with E-state index >= 15 is 0 Å². The maximum absolute atomic E-state index is 11.1. The van der Waals surface area contributed by atoms with E-state index in [1.807, 2.05) is 13.8 Å². The molecule has 1 heterocycles. The van der Waals surface area contributed by atoms with Crippen molar-refractivity contribution in [2.24, 2.45) is 0 Å². The molecule has 1 aliphatic heterocycles. The molecule has 0 aromatic rings. The first-order valence-corrected chi connectivity index (χ1v) is 4.45. The minimum atomic E-state index is 0.106. The smallest absolute Gasteiger partial charge is 0.231 e. The lowest BCUT2D eigenvalue weighted by molar-refractivity contribution is -0.125. The van der Waals surface area contributed by atoms with Crippen molar-refractivity contribution in [3.05, 3.63) is 36.6 Å². The molecule has 0 bridgehead atoms. The van der Waals surface area contributed by atoms with Gasteiger partial charge in [-0.25, -0.2) is 0 Å². The van der Waals surface area contributed by atoms with Crippen molar-refractivity contribution >= 4 is 5.91 Å². The molecule has 0 aliphatic carbocycles. The van der Waals surface area contributed by atoms with Crippen LogP contribution in [0, 0.1) is 0 Å².